The van der Waals surface area contributed by atoms with Crippen LogP contribution in [0, 0.1) is 11.8 Å². The first kappa shape index (κ1) is 19.4. The van der Waals surface area contributed by atoms with E-state index in [0.717, 1.165) is 12.0 Å². The van der Waals surface area contributed by atoms with E-state index in [1.54, 1.807) is 0 Å². The van der Waals surface area contributed by atoms with E-state index in [-0.39, 0.29) is 23.7 Å². The van der Waals surface area contributed by atoms with Gasteiger partial charge in [-0.15, -0.1) is 5.48 Å². The van der Waals surface area contributed by atoms with Gasteiger partial charge in [0.15, 0.2) is 0 Å². The first-order valence-corrected chi connectivity index (χ1v) is 9.37. The van der Waals surface area contributed by atoms with Crippen LogP contribution in [0.3, 0.4) is 0 Å². The predicted molar refractivity (Wildman–Crippen MR) is 97.4 cm³/mol. The maximum atomic E-state index is 12.7. The quantitative estimate of drug-likeness (QED) is 0.816. The summed E-state index contributed by atoms with van der Waals surface area (Å²) in [5.74, 6) is 0.0312. The van der Waals surface area contributed by atoms with Gasteiger partial charge in [-0.25, -0.2) is 9.59 Å². The van der Waals surface area contributed by atoms with Crippen LogP contribution < -0.4 is 5.48 Å². The molecule has 1 aromatic carbocycles. The van der Waals surface area contributed by atoms with E-state index in [4.69, 9.17) is 9.57 Å². The number of fused-ring (bicyclic) bond motifs is 1. The van der Waals surface area contributed by atoms with Gasteiger partial charge in [-0.1, -0.05) is 30.3 Å². The van der Waals surface area contributed by atoms with Gasteiger partial charge in [0.1, 0.15) is 11.8 Å². The van der Waals surface area contributed by atoms with Crippen LogP contribution in [0.2, 0.25) is 0 Å². The van der Waals surface area contributed by atoms with Crippen LogP contribution >= 0.6 is 0 Å². The van der Waals surface area contributed by atoms with E-state index in [1.165, 1.54) is 12.0 Å². The zero-order valence-electron chi connectivity index (χ0n) is 15.7. The van der Waals surface area contributed by atoms with E-state index in [1.807, 2.05) is 37.3 Å². The van der Waals surface area contributed by atoms with Gasteiger partial charge in [0.05, 0.1) is 13.2 Å². The number of nitrogens with zero attached hydrogens (tertiary/aromatic N) is 1. The first-order valence-electron chi connectivity index (χ1n) is 9.37. The number of rotatable bonds is 4. The number of hydroxylamine groups is 1. The number of ketones is 1. The summed E-state index contributed by atoms with van der Waals surface area (Å²) in [6, 6.07) is 8.68. The third kappa shape index (κ3) is 4.47. The number of nitrogens with one attached hydrogen (secondary N) is 1. The third-order valence-corrected chi connectivity index (χ3v) is 5.60. The van der Waals surface area contributed by atoms with E-state index >= 15 is 0 Å². The minimum Gasteiger partial charge on any atom is -0.453 e. The lowest BCUT2D eigenvalue weighted by Crippen LogP contribution is -2.55. The largest absolute Gasteiger partial charge is 0.453 e. The van der Waals surface area contributed by atoms with Gasteiger partial charge < -0.3 is 9.57 Å². The minimum absolute atomic E-state index is 0.108. The average Bonchev–Trinajstić information content (AvgIpc) is 2.70. The number of piperidine rings is 1. The minimum atomic E-state index is -0.750. The highest BCUT2D eigenvalue weighted by Crippen LogP contribution is 2.37. The summed E-state index contributed by atoms with van der Waals surface area (Å²) in [6.07, 6.45) is 1.65. The molecule has 2 aliphatic rings. The molecule has 3 rings (SSSR count). The molecule has 0 aromatic heterocycles. The highest BCUT2D eigenvalue weighted by atomic mass is 16.7. The van der Waals surface area contributed by atoms with Crippen molar-refractivity contribution in [2.24, 2.45) is 11.8 Å². The number of Topliss-reactive ketones (excluding diaryl/α,β-unsaturated/α-hetero) is 1. The smallest absolute Gasteiger partial charge is 0.410 e. The van der Waals surface area contributed by atoms with E-state index in [0.29, 0.717) is 25.8 Å². The van der Waals surface area contributed by atoms with Crippen molar-refractivity contribution in [1.82, 2.24) is 10.4 Å². The fourth-order valence-corrected chi connectivity index (χ4v) is 4.02. The summed E-state index contributed by atoms with van der Waals surface area (Å²) in [5, 5.41) is 0. The zero-order valence-corrected chi connectivity index (χ0v) is 15.7. The molecule has 1 aliphatic heterocycles. The molecule has 1 saturated heterocycles. The van der Waals surface area contributed by atoms with E-state index in [9.17, 15) is 14.4 Å². The fourth-order valence-electron chi connectivity index (χ4n) is 4.02. The Balaban J connectivity index is 1.66. The summed E-state index contributed by atoms with van der Waals surface area (Å²) in [6.45, 7) is 2.30. The van der Waals surface area contributed by atoms with Gasteiger partial charge in [-0.05, 0) is 37.2 Å². The molecule has 4 atom stereocenters. The van der Waals surface area contributed by atoms with Crippen LogP contribution in [-0.2, 0) is 19.2 Å². The zero-order chi connectivity index (χ0) is 19.4. The number of likely N-dealkylation sites (tertiary alicyclic amines) is 1. The molecule has 1 heterocycles. The van der Waals surface area contributed by atoms with Crippen molar-refractivity contribution in [3.8, 4) is 0 Å². The number of ether oxygens (including phenoxy) is 1. The normalized spacial score (nSPS) is 26.1. The lowest BCUT2D eigenvalue weighted by Gasteiger charge is -2.43. The van der Waals surface area contributed by atoms with Crippen LogP contribution in [0.4, 0.5) is 4.79 Å². The van der Waals surface area contributed by atoms with Crippen molar-refractivity contribution < 1.29 is 24.0 Å². The topological polar surface area (TPSA) is 84.9 Å². The molecule has 1 amide bonds. The second-order valence-electron chi connectivity index (χ2n) is 7.35. The molecular formula is C20H26N2O5. The molecule has 0 bridgehead atoms. The van der Waals surface area contributed by atoms with E-state index < -0.39 is 18.1 Å². The van der Waals surface area contributed by atoms with Crippen LogP contribution in [0.1, 0.15) is 44.2 Å². The highest BCUT2D eigenvalue weighted by molar-refractivity contribution is 5.83. The average molecular weight is 374 g/mol. The number of carbonyl (C=O) groups excluding carboxylic acids is 3. The molecule has 0 spiro atoms. The second-order valence-corrected chi connectivity index (χ2v) is 7.35. The Hall–Kier alpha value is -2.41. The molecular weight excluding hydrogens is 348 g/mol. The molecule has 1 saturated carbocycles. The Morgan fingerprint density at radius 2 is 1.96 bits per heavy atom. The summed E-state index contributed by atoms with van der Waals surface area (Å²) in [5.41, 5.74) is 3.74. The Morgan fingerprint density at radius 3 is 2.67 bits per heavy atom. The highest BCUT2D eigenvalue weighted by Gasteiger charge is 2.44. The summed E-state index contributed by atoms with van der Waals surface area (Å²) >= 11 is 0. The number of methoxy groups -OCH3 is 1. The molecule has 7 heteroatoms. The molecule has 2 fully saturated rings. The maximum Gasteiger partial charge on any atom is 0.410 e. The summed E-state index contributed by atoms with van der Waals surface area (Å²) in [7, 11) is 1.30. The van der Waals surface area contributed by atoms with Crippen LogP contribution in [-0.4, -0.2) is 42.4 Å². The number of hydrogen-bond donors (Lipinski definition) is 1. The number of amides is 1. The summed E-state index contributed by atoms with van der Waals surface area (Å²) < 4.78 is 4.86. The molecule has 27 heavy (non-hydrogen) atoms. The monoisotopic (exact) mass is 374 g/mol. The molecule has 1 aromatic rings. The Kier molecular flexibility index (Phi) is 6.11. The Labute approximate surface area is 159 Å². The van der Waals surface area contributed by atoms with Gasteiger partial charge in [-0.2, -0.15) is 0 Å². The van der Waals surface area contributed by atoms with Crippen molar-refractivity contribution in [2.75, 3.05) is 13.7 Å². The predicted octanol–water partition coefficient (Wildman–Crippen LogP) is 2.62. The molecule has 7 nitrogen and oxygen atoms in total. The van der Waals surface area contributed by atoms with Crippen LogP contribution in [0.15, 0.2) is 30.3 Å². The first-order chi connectivity index (χ1) is 13.0. The van der Waals surface area contributed by atoms with Gasteiger partial charge in [0.2, 0.25) is 0 Å². The number of benzene rings is 1. The van der Waals surface area contributed by atoms with Crippen molar-refractivity contribution in [3.05, 3.63) is 35.9 Å². The number of carbonyl (C=O) groups is 3. The van der Waals surface area contributed by atoms with Crippen LogP contribution in [0.5, 0.6) is 0 Å². The lowest BCUT2D eigenvalue weighted by atomic mass is 9.72. The Bertz CT molecular complexity index is 693. The SMILES string of the molecule is COC(=O)N1C[C@@H]2CCC(=O)C[C@@H]2C[C@H]1C(=O)ONC(C)c1ccccc1. The Morgan fingerprint density at radius 1 is 1.22 bits per heavy atom. The third-order valence-electron chi connectivity index (χ3n) is 5.60. The molecule has 0 radical (unpaired) electrons. The van der Waals surface area contributed by atoms with Crippen molar-refractivity contribution in [3.63, 3.8) is 0 Å². The van der Waals surface area contributed by atoms with Crippen molar-refractivity contribution in [2.45, 2.75) is 44.7 Å². The van der Waals surface area contributed by atoms with Crippen LogP contribution in [0.25, 0.3) is 0 Å². The van der Waals surface area contributed by atoms with Gasteiger partial charge in [-0.3, -0.25) is 9.69 Å². The molecule has 146 valence electrons. The standard InChI is InChI=1S/C20H26N2O5/c1-13(14-6-4-3-5-7-14)21-27-19(24)18-11-16-10-17(23)9-8-15(16)12-22(18)20(25)26-2/h3-7,13,15-16,18,21H,8-12H2,1-2H3/t13?,15-,16+,18-/m0/s1. The molecule has 1 unspecified atom stereocenters. The van der Waals surface area contributed by atoms with Gasteiger partial charge >= 0.3 is 12.1 Å². The van der Waals surface area contributed by atoms with Gasteiger partial charge in [0.25, 0.3) is 0 Å². The summed E-state index contributed by atoms with van der Waals surface area (Å²) in [4.78, 5) is 43.4. The molecule has 1 aliphatic carbocycles. The number of hydrogen-bond acceptors (Lipinski definition) is 6. The maximum absolute atomic E-state index is 12.7. The lowest BCUT2D eigenvalue weighted by molar-refractivity contribution is -0.162. The van der Waals surface area contributed by atoms with Gasteiger partial charge in [0, 0.05) is 19.4 Å². The van der Waals surface area contributed by atoms with E-state index in [2.05, 4.69) is 5.48 Å². The van der Waals surface area contributed by atoms with Crippen molar-refractivity contribution in [1.29, 1.82) is 0 Å². The van der Waals surface area contributed by atoms with Crippen molar-refractivity contribution >= 4 is 17.8 Å². The second kappa shape index (κ2) is 8.52. The molecule has 1 N–H and O–H groups in total. The fraction of sp³-hybridized carbons (Fsp3) is 0.550.